The van der Waals surface area contributed by atoms with Crippen LogP contribution in [0.5, 0.6) is 0 Å². The van der Waals surface area contributed by atoms with Gasteiger partial charge < -0.3 is 9.47 Å². The molecule has 1 saturated heterocycles. The molecule has 0 aromatic carbocycles. The predicted molar refractivity (Wildman–Crippen MR) is 88.5 cm³/mol. The van der Waals surface area contributed by atoms with Crippen molar-refractivity contribution in [2.45, 2.75) is 84.0 Å². The van der Waals surface area contributed by atoms with Crippen LogP contribution in [0, 0.1) is 22.2 Å². The molecule has 0 N–H and O–H groups in total. The van der Waals surface area contributed by atoms with E-state index in [1.807, 2.05) is 0 Å². The molecule has 124 valence electrons. The van der Waals surface area contributed by atoms with Crippen molar-refractivity contribution in [1.29, 1.82) is 0 Å². The number of hydrogen-bond acceptors (Lipinski definition) is 2. The molecule has 4 rings (SSSR count). The summed E-state index contributed by atoms with van der Waals surface area (Å²) < 4.78 is 13.3. The first-order chi connectivity index (χ1) is 10.4. The van der Waals surface area contributed by atoms with Gasteiger partial charge in [-0.1, -0.05) is 26.8 Å². The molecule has 1 heterocycles. The molecule has 0 amide bonds. The molecule has 3 aliphatic carbocycles. The summed E-state index contributed by atoms with van der Waals surface area (Å²) in [7, 11) is 0. The molecule has 1 aliphatic heterocycles. The first-order valence-electron chi connectivity index (χ1n) is 9.32. The van der Waals surface area contributed by atoms with Crippen molar-refractivity contribution < 1.29 is 9.47 Å². The maximum Gasteiger partial charge on any atom is 0.174 e. The molecule has 4 fully saturated rings. The number of rotatable bonds is 4. The molecule has 22 heavy (non-hydrogen) atoms. The maximum absolute atomic E-state index is 6.94. The minimum absolute atomic E-state index is 0.205. The van der Waals surface area contributed by atoms with Crippen molar-refractivity contribution in [2.75, 3.05) is 6.61 Å². The van der Waals surface area contributed by atoms with Gasteiger partial charge in [0, 0.05) is 11.8 Å². The van der Waals surface area contributed by atoms with E-state index < -0.39 is 0 Å². The van der Waals surface area contributed by atoms with E-state index in [0.717, 1.165) is 31.8 Å². The largest absolute Gasteiger partial charge is 0.349 e. The molecule has 0 aromatic heterocycles. The Labute approximate surface area is 135 Å². The van der Waals surface area contributed by atoms with E-state index in [1.165, 1.54) is 32.1 Å². The fourth-order valence-electron chi connectivity index (χ4n) is 6.46. The van der Waals surface area contributed by atoms with E-state index in [0.29, 0.717) is 16.9 Å². The zero-order valence-corrected chi connectivity index (χ0v) is 14.6. The zero-order chi connectivity index (χ0) is 15.6. The third-order valence-corrected chi connectivity index (χ3v) is 8.47. The van der Waals surface area contributed by atoms with Gasteiger partial charge in [-0.25, -0.2) is 0 Å². The van der Waals surface area contributed by atoms with Crippen molar-refractivity contribution in [2.24, 2.45) is 22.2 Å². The van der Waals surface area contributed by atoms with E-state index in [2.05, 4.69) is 33.4 Å². The molecule has 0 radical (unpaired) electrons. The second kappa shape index (κ2) is 4.60. The van der Waals surface area contributed by atoms with Crippen LogP contribution in [0.4, 0.5) is 0 Å². The van der Waals surface area contributed by atoms with Crippen LogP contribution in [0.2, 0.25) is 0 Å². The van der Waals surface area contributed by atoms with Crippen LogP contribution in [0.25, 0.3) is 0 Å². The van der Waals surface area contributed by atoms with Crippen LogP contribution in [-0.4, -0.2) is 18.5 Å². The maximum atomic E-state index is 6.94. The lowest BCUT2D eigenvalue weighted by Gasteiger charge is -2.46. The van der Waals surface area contributed by atoms with Crippen molar-refractivity contribution in [3.63, 3.8) is 0 Å². The normalized spacial score (nSPS) is 52.1. The number of fused-ring (bicyclic) bond motifs is 3. The molecular formula is C20H32O2. The van der Waals surface area contributed by atoms with E-state index in [-0.39, 0.29) is 11.2 Å². The second-order valence-corrected chi connectivity index (χ2v) is 9.20. The minimum atomic E-state index is -0.310. The molecule has 0 aromatic rings. The van der Waals surface area contributed by atoms with Crippen LogP contribution in [-0.2, 0) is 9.47 Å². The third-order valence-electron chi connectivity index (χ3n) is 8.47. The number of ether oxygens (including phenoxy) is 2. The number of hydrogen-bond donors (Lipinski definition) is 0. The average Bonchev–Trinajstić information content (AvgIpc) is 3.06. The van der Waals surface area contributed by atoms with Crippen LogP contribution < -0.4 is 0 Å². The molecular weight excluding hydrogens is 272 g/mol. The molecule has 3 saturated carbocycles. The highest BCUT2D eigenvalue weighted by atomic mass is 16.7. The smallest absolute Gasteiger partial charge is 0.174 e. The SMILES string of the molecule is C=CCC12CCCC1(O[C@@H]1CC3CC[C@]1(C)C3(C)C)OCC2. The molecule has 2 nitrogen and oxygen atoms in total. The summed E-state index contributed by atoms with van der Waals surface area (Å²) in [5, 5.41) is 0. The fourth-order valence-corrected chi connectivity index (χ4v) is 6.46. The summed E-state index contributed by atoms with van der Waals surface area (Å²) in [6.45, 7) is 12.3. The topological polar surface area (TPSA) is 18.5 Å². The molecule has 0 spiro atoms. The lowest BCUT2D eigenvalue weighted by Crippen LogP contribution is -2.49. The van der Waals surface area contributed by atoms with Gasteiger partial charge in [0.1, 0.15) is 0 Å². The van der Waals surface area contributed by atoms with Gasteiger partial charge in [0.2, 0.25) is 0 Å². The summed E-state index contributed by atoms with van der Waals surface area (Å²) in [5.41, 5.74) is 0.935. The lowest BCUT2D eigenvalue weighted by atomic mass is 9.69. The van der Waals surface area contributed by atoms with Gasteiger partial charge >= 0.3 is 0 Å². The minimum Gasteiger partial charge on any atom is -0.349 e. The summed E-state index contributed by atoms with van der Waals surface area (Å²) in [6.07, 6.45) is 12.2. The summed E-state index contributed by atoms with van der Waals surface area (Å²) >= 11 is 0. The van der Waals surface area contributed by atoms with Crippen LogP contribution in [0.15, 0.2) is 12.7 Å². The van der Waals surface area contributed by atoms with E-state index in [9.17, 15) is 0 Å². The molecule has 5 atom stereocenters. The van der Waals surface area contributed by atoms with Crippen LogP contribution in [0.3, 0.4) is 0 Å². The number of allylic oxidation sites excluding steroid dienone is 1. The molecule has 3 unspecified atom stereocenters. The Morgan fingerprint density at radius 3 is 2.64 bits per heavy atom. The van der Waals surface area contributed by atoms with E-state index in [1.54, 1.807) is 0 Å². The highest BCUT2D eigenvalue weighted by Crippen LogP contribution is 2.68. The van der Waals surface area contributed by atoms with E-state index in [4.69, 9.17) is 9.47 Å². The quantitative estimate of drug-likeness (QED) is 0.674. The van der Waals surface area contributed by atoms with Gasteiger partial charge in [0.25, 0.3) is 0 Å². The molecule has 2 bridgehead atoms. The summed E-state index contributed by atoms with van der Waals surface area (Å²) in [6, 6.07) is 0. The Balaban J connectivity index is 1.62. The highest BCUT2D eigenvalue weighted by Gasteiger charge is 2.67. The van der Waals surface area contributed by atoms with Crippen molar-refractivity contribution in [3.05, 3.63) is 12.7 Å². The van der Waals surface area contributed by atoms with Crippen molar-refractivity contribution in [1.82, 2.24) is 0 Å². The lowest BCUT2D eigenvalue weighted by molar-refractivity contribution is -0.286. The van der Waals surface area contributed by atoms with Gasteiger partial charge in [0.15, 0.2) is 5.79 Å². The zero-order valence-electron chi connectivity index (χ0n) is 14.6. The molecule has 4 aliphatic rings. The third kappa shape index (κ3) is 1.64. The average molecular weight is 304 g/mol. The Kier molecular flexibility index (Phi) is 3.18. The second-order valence-electron chi connectivity index (χ2n) is 9.20. The van der Waals surface area contributed by atoms with E-state index >= 15 is 0 Å². The Bertz CT molecular complexity index is 470. The molecule has 2 heteroatoms. The monoisotopic (exact) mass is 304 g/mol. The van der Waals surface area contributed by atoms with Crippen molar-refractivity contribution >= 4 is 0 Å². The first kappa shape index (κ1) is 15.2. The summed E-state index contributed by atoms with van der Waals surface area (Å²) in [4.78, 5) is 0. The summed E-state index contributed by atoms with van der Waals surface area (Å²) in [5.74, 6) is 0.519. The van der Waals surface area contributed by atoms with Gasteiger partial charge in [-0.3, -0.25) is 0 Å². The van der Waals surface area contributed by atoms with Gasteiger partial charge in [-0.2, -0.15) is 0 Å². The van der Waals surface area contributed by atoms with Gasteiger partial charge in [-0.15, -0.1) is 6.58 Å². The Morgan fingerprint density at radius 2 is 2.00 bits per heavy atom. The fraction of sp³-hybridized carbons (Fsp3) is 0.900. The standard InChI is InChI=1S/C20H32O2/c1-5-8-19-9-6-10-20(19,21-13-12-19)22-16-14-15-7-11-18(16,4)17(15,2)3/h5,15-16H,1,6-14H2,2-4H3/t15?,16-,18+,19?,20?/m1/s1. The Hall–Kier alpha value is -0.340. The first-order valence-corrected chi connectivity index (χ1v) is 9.32. The van der Waals surface area contributed by atoms with Gasteiger partial charge in [0.05, 0.1) is 12.7 Å². The van der Waals surface area contributed by atoms with Crippen LogP contribution in [0.1, 0.15) is 72.1 Å². The van der Waals surface area contributed by atoms with Crippen molar-refractivity contribution in [3.8, 4) is 0 Å². The Morgan fingerprint density at radius 1 is 1.18 bits per heavy atom. The highest BCUT2D eigenvalue weighted by molar-refractivity contribution is 5.13. The van der Waals surface area contributed by atoms with Gasteiger partial charge in [-0.05, 0) is 61.7 Å². The van der Waals surface area contributed by atoms with Crippen LogP contribution >= 0.6 is 0 Å². The predicted octanol–water partition coefficient (Wildman–Crippen LogP) is 5.08.